The minimum absolute atomic E-state index is 0.130. The van der Waals surface area contributed by atoms with Gasteiger partial charge in [-0.2, -0.15) is 4.31 Å². The summed E-state index contributed by atoms with van der Waals surface area (Å²) in [5.41, 5.74) is 0.613. The Kier molecular flexibility index (Phi) is 7.14. The minimum Gasteiger partial charge on any atom is -0.356 e. The normalized spacial score (nSPS) is 20.3. The zero-order chi connectivity index (χ0) is 23.4. The standard InChI is InChI=1S/C23H31N5O4S/c1-18-7-12-27(13-8-18)33(31,32)21-5-3-20(4-6-21)28-16-19(15-22(28)29)23(30)25-9-2-11-26-14-10-24-17-26/h3-6,10,14,17-19H,2,7-9,11-13,15-16H2,1H3,(H,25,30)/t19-/m0/s1. The Morgan fingerprint density at radius 2 is 1.91 bits per heavy atom. The van der Waals surface area contributed by atoms with Crippen molar-refractivity contribution in [3.05, 3.63) is 43.0 Å². The van der Waals surface area contributed by atoms with Crippen molar-refractivity contribution in [3.63, 3.8) is 0 Å². The SMILES string of the molecule is CC1CCN(S(=O)(=O)c2ccc(N3C[C@@H](C(=O)NCCCn4ccnc4)CC3=O)cc2)CC1. The first-order chi connectivity index (χ1) is 15.8. The molecule has 33 heavy (non-hydrogen) atoms. The summed E-state index contributed by atoms with van der Waals surface area (Å²) in [4.78, 5) is 30.8. The van der Waals surface area contributed by atoms with Gasteiger partial charge in [0.25, 0.3) is 0 Å². The van der Waals surface area contributed by atoms with E-state index in [4.69, 9.17) is 0 Å². The van der Waals surface area contributed by atoms with Gasteiger partial charge in [0.15, 0.2) is 0 Å². The second-order valence-electron chi connectivity index (χ2n) is 8.93. The molecule has 178 valence electrons. The number of anilines is 1. The number of nitrogens with zero attached hydrogens (tertiary/aromatic N) is 4. The van der Waals surface area contributed by atoms with Crippen LogP contribution < -0.4 is 10.2 Å². The van der Waals surface area contributed by atoms with Crippen molar-refractivity contribution in [2.45, 2.75) is 44.0 Å². The van der Waals surface area contributed by atoms with Crippen molar-refractivity contribution in [2.75, 3.05) is 31.1 Å². The van der Waals surface area contributed by atoms with E-state index in [0.29, 0.717) is 37.8 Å². The van der Waals surface area contributed by atoms with Crippen LogP contribution in [0.5, 0.6) is 0 Å². The summed E-state index contributed by atoms with van der Waals surface area (Å²) in [6, 6.07) is 6.42. The summed E-state index contributed by atoms with van der Waals surface area (Å²) in [6.45, 7) is 4.80. The van der Waals surface area contributed by atoms with Crippen molar-refractivity contribution in [1.29, 1.82) is 0 Å². The van der Waals surface area contributed by atoms with Gasteiger partial charge in [-0.1, -0.05) is 6.92 Å². The van der Waals surface area contributed by atoms with Crippen LogP contribution in [0.3, 0.4) is 0 Å². The molecule has 1 N–H and O–H groups in total. The minimum atomic E-state index is -3.53. The molecule has 1 atom stereocenters. The number of benzene rings is 1. The van der Waals surface area contributed by atoms with Gasteiger partial charge >= 0.3 is 0 Å². The van der Waals surface area contributed by atoms with Crippen LogP contribution in [0.15, 0.2) is 47.9 Å². The van der Waals surface area contributed by atoms with Gasteiger partial charge in [0.1, 0.15) is 0 Å². The first-order valence-corrected chi connectivity index (χ1v) is 12.9. The molecule has 2 fully saturated rings. The van der Waals surface area contributed by atoms with Crippen molar-refractivity contribution in [1.82, 2.24) is 19.2 Å². The summed E-state index contributed by atoms with van der Waals surface area (Å²) in [6.07, 6.45) is 7.99. The molecule has 0 saturated carbocycles. The number of rotatable bonds is 8. The van der Waals surface area contributed by atoms with Crippen LogP contribution in [0.25, 0.3) is 0 Å². The van der Waals surface area contributed by atoms with Crippen LogP contribution in [-0.2, 0) is 26.2 Å². The Morgan fingerprint density at radius 3 is 2.58 bits per heavy atom. The number of carbonyl (C=O) groups excluding carboxylic acids is 2. The molecule has 0 unspecified atom stereocenters. The van der Waals surface area contributed by atoms with Gasteiger partial charge in [-0.05, 0) is 49.4 Å². The Hall–Kier alpha value is -2.72. The molecule has 2 amide bonds. The number of imidazole rings is 1. The van der Waals surface area contributed by atoms with E-state index < -0.39 is 15.9 Å². The van der Waals surface area contributed by atoms with Crippen molar-refractivity contribution in [3.8, 4) is 0 Å². The average molecular weight is 474 g/mol. The maximum absolute atomic E-state index is 12.9. The molecule has 9 nitrogen and oxygen atoms in total. The zero-order valence-corrected chi connectivity index (χ0v) is 19.7. The van der Waals surface area contributed by atoms with Gasteiger partial charge in [-0.3, -0.25) is 9.59 Å². The second kappa shape index (κ2) is 10.0. The highest BCUT2D eigenvalue weighted by Gasteiger charge is 2.35. The third-order valence-corrected chi connectivity index (χ3v) is 8.39. The average Bonchev–Trinajstić information content (AvgIpc) is 3.47. The predicted octanol–water partition coefficient (Wildman–Crippen LogP) is 1.86. The topological polar surface area (TPSA) is 105 Å². The van der Waals surface area contributed by atoms with Crippen LogP contribution in [-0.4, -0.2) is 60.3 Å². The number of carbonyl (C=O) groups is 2. The van der Waals surface area contributed by atoms with E-state index in [1.807, 2.05) is 10.8 Å². The van der Waals surface area contributed by atoms with E-state index >= 15 is 0 Å². The van der Waals surface area contributed by atoms with Gasteiger partial charge in [-0.25, -0.2) is 13.4 Å². The van der Waals surface area contributed by atoms with Gasteiger partial charge in [0.2, 0.25) is 21.8 Å². The number of sulfonamides is 1. The van der Waals surface area contributed by atoms with Crippen molar-refractivity contribution in [2.24, 2.45) is 11.8 Å². The molecule has 2 aromatic rings. The third-order valence-electron chi connectivity index (χ3n) is 6.48. The molecule has 0 radical (unpaired) electrons. The molecule has 0 spiro atoms. The molecule has 10 heteroatoms. The van der Waals surface area contributed by atoms with Crippen LogP contribution in [0.1, 0.15) is 32.6 Å². The van der Waals surface area contributed by atoms with Crippen molar-refractivity contribution < 1.29 is 18.0 Å². The van der Waals surface area contributed by atoms with Gasteiger partial charge < -0.3 is 14.8 Å². The monoisotopic (exact) mass is 473 g/mol. The van der Waals surface area contributed by atoms with Crippen LogP contribution >= 0.6 is 0 Å². The fourth-order valence-electron chi connectivity index (χ4n) is 4.34. The number of hydrogen-bond donors (Lipinski definition) is 1. The summed E-state index contributed by atoms with van der Waals surface area (Å²) in [7, 11) is -3.53. The smallest absolute Gasteiger partial charge is 0.243 e. The number of piperidine rings is 1. The van der Waals surface area contributed by atoms with Crippen LogP contribution in [0, 0.1) is 11.8 Å². The number of amides is 2. The van der Waals surface area contributed by atoms with Gasteiger partial charge in [-0.15, -0.1) is 0 Å². The second-order valence-corrected chi connectivity index (χ2v) is 10.9. The number of hydrogen-bond acceptors (Lipinski definition) is 5. The first kappa shape index (κ1) is 23.4. The van der Waals surface area contributed by atoms with E-state index in [9.17, 15) is 18.0 Å². The Labute approximate surface area is 194 Å². The molecule has 1 aromatic carbocycles. The highest BCUT2D eigenvalue weighted by atomic mass is 32.2. The molecular weight excluding hydrogens is 442 g/mol. The fourth-order valence-corrected chi connectivity index (χ4v) is 5.81. The number of aromatic nitrogens is 2. The van der Waals surface area contributed by atoms with E-state index in [1.165, 1.54) is 4.31 Å². The summed E-state index contributed by atoms with van der Waals surface area (Å²) in [5.74, 6) is -0.129. The quantitative estimate of drug-likeness (QED) is 0.590. The van der Waals surface area contributed by atoms with E-state index in [0.717, 1.165) is 25.8 Å². The molecule has 0 aliphatic carbocycles. The lowest BCUT2D eigenvalue weighted by Crippen LogP contribution is -2.37. The Balaban J connectivity index is 1.31. The lowest BCUT2D eigenvalue weighted by molar-refractivity contribution is -0.126. The third kappa shape index (κ3) is 5.44. The molecule has 4 rings (SSSR count). The van der Waals surface area contributed by atoms with Gasteiger partial charge in [0, 0.05) is 57.2 Å². The maximum atomic E-state index is 12.9. The lowest BCUT2D eigenvalue weighted by Gasteiger charge is -2.29. The molecule has 2 saturated heterocycles. The molecule has 2 aliphatic heterocycles. The fraction of sp³-hybridized carbons (Fsp3) is 0.522. The first-order valence-electron chi connectivity index (χ1n) is 11.5. The number of aryl methyl sites for hydroxylation is 1. The molecule has 2 aliphatic rings. The van der Waals surface area contributed by atoms with E-state index in [-0.39, 0.29) is 23.1 Å². The summed E-state index contributed by atoms with van der Waals surface area (Å²) >= 11 is 0. The predicted molar refractivity (Wildman–Crippen MR) is 124 cm³/mol. The maximum Gasteiger partial charge on any atom is 0.243 e. The van der Waals surface area contributed by atoms with Crippen LogP contribution in [0.4, 0.5) is 5.69 Å². The molecule has 1 aromatic heterocycles. The highest BCUT2D eigenvalue weighted by molar-refractivity contribution is 7.89. The Morgan fingerprint density at radius 1 is 1.18 bits per heavy atom. The molecule has 3 heterocycles. The van der Waals surface area contributed by atoms with Crippen molar-refractivity contribution >= 4 is 27.5 Å². The summed E-state index contributed by atoms with van der Waals surface area (Å²) in [5, 5.41) is 2.91. The largest absolute Gasteiger partial charge is 0.356 e. The molecule has 0 bridgehead atoms. The summed E-state index contributed by atoms with van der Waals surface area (Å²) < 4.78 is 29.3. The lowest BCUT2D eigenvalue weighted by atomic mass is 10.0. The Bertz CT molecular complexity index is 1060. The highest BCUT2D eigenvalue weighted by Crippen LogP contribution is 2.28. The zero-order valence-electron chi connectivity index (χ0n) is 18.9. The van der Waals surface area contributed by atoms with Gasteiger partial charge in [0.05, 0.1) is 17.1 Å². The number of nitrogens with one attached hydrogen (secondary N) is 1. The van der Waals surface area contributed by atoms with E-state index in [1.54, 1.807) is 41.7 Å². The van der Waals surface area contributed by atoms with E-state index in [2.05, 4.69) is 17.2 Å². The van der Waals surface area contributed by atoms with Crippen LogP contribution in [0.2, 0.25) is 0 Å². The molecular formula is C23H31N5O4S.